The summed E-state index contributed by atoms with van der Waals surface area (Å²) in [5, 5.41) is 7.93. The third-order valence-electron chi connectivity index (χ3n) is 3.83. The molecule has 0 aliphatic carbocycles. The molecule has 1 aliphatic rings. The molecule has 1 saturated heterocycles. The zero-order valence-corrected chi connectivity index (χ0v) is 14.6. The van der Waals surface area contributed by atoms with Crippen molar-refractivity contribution in [2.45, 2.75) is 25.8 Å². The van der Waals surface area contributed by atoms with E-state index in [2.05, 4.69) is 20.5 Å². The van der Waals surface area contributed by atoms with Crippen molar-refractivity contribution in [2.24, 2.45) is 4.99 Å². The first-order valence-electron chi connectivity index (χ1n) is 7.80. The van der Waals surface area contributed by atoms with Crippen molar-refractivity contribution in [1.82, 2.24) is 15.5 Å². The molecule has 6 heteroatoms. The van der Waals surface area contributed by atoms with Gasteiger partial charge in [-0.05, 0) is 56.6 Å². The molecule has 0 saturated carbocycles. The zero-order chi connectivity index (χ0) is 15.8. The lowest BCUT2D eigenvalue weighted by molar-refractivity contribution is 0.334. The molecule has 0 bridgehead atoms. The molecular formula is C16H24Cl2N4. The molecule has 22 heavy (non-hydrogen) atoms. The number of nitrogens with one attached hydrogen (secondary N) is 2. The Hall–Kier alpha value is -0.970. The largest absolute Gasteiger partial charge is 0.356 e. The highest BCUT2D eigenvalue weighted by Gasteiger charge is 2.10. The SMILES string of the molecule is CN=C(NCCCN1CCCC1)NCc1ccc(Cl)cc1Cl. The van der Waals surface area contributed by atoms with E-state index in [0.717, 1.165) is 31.0 Å². The summed E-state index contributed by atoms with van der Waals surface area (Å²) in [4.78, 5) is 6.75. The number of aliphatic imine (C=N–C) groups is 1. The molecule has 1 aliphatic heterocycles. The second-order valence-corrected chi connectivity index (χ2v) is 6.33. The van der Waals surface area contributed by atoms with E-state index in [0.29, 0.717) is 16.6 Å². The van der Waals surface area contributed by atoms with Gasteiger partial charge in [0.25, 0.3) is 0 Å². The number of likely N-dealkylation sites (tertiary alicyclic amines) is 1. The van der Waals surface area contributed by atoms with Gasteiger partial charge in [-0.25, -0.2) is 0 Å². The van der Waals surface area contributed by atoms with Crippen LogP contribution in [0.1, 0.15) is 24.8 Å². The zero-order valence-electron chi connectivity index (χ0n) is 13.0. The van der Waals surface area contributed by atoms with Gasteiger partial charge < -0.3 is 15.5 Å². The molecule has 2 N–H and O–H groups in total. The first-order valence-corrected chi connectivity index (χ1v) is 8.55. The first-order chi connectivity index (χ1) is 10.7. The highest BCUT2D eigenvalue weighted by Crippen LogP contribution is 2.20. The van der Waals surface area contributed by atoms with E-state index in [1.165, 1.54) is 25.9 Å². The fourth-order valence-electron chi connectivity index (χ4n) is 2.58. The second kappa shape index (κ2) is 9.23. The van der Waals surface area contributed by atoms with Crippen molar-refractivity contribution in [3.63, 3.8) is 0 Å². The van der Waals surface area contributed by atoms with Crippen LogP contribution in [0.15, 0.2) is 23.2 Å². The number of benzene rings is 1. The lowest BCUT2D eigenvalue weighted by Gasteiger charge is -2.16. The van der Waals surface area contributed by atoms with E-state index in [4.69, 9.17) is 23.2 Å². The highest BCUT2D eigenvalue weighted by atomic mass is 35.5. The molecule has 0 spiro atoms. The van der Waals surface area contributed by atoms with Crippen LogP contribution < -0.4 is 10.6 Å². The number of nitrogens with zero attached hydrogens (tertiary/aromatic N) is 2. The summed E-state index contributed by atoms with van der Waals surface area (Å²) in [5.74, 6) is 0.799. The third kappa shape index (κ3) is 5.67. The summed E-state index contributed by atoms with van der Waals surface area (Å²) in [7, 11) is 1.78. The third-order valence-corrected chi connectivity index (χ3v) is 4.41. The Labute approximate surface area is 142 Å². The molecule has 0 amide bonds. The molecule has 4 nitrogen and oxygen atoms in total. The molecule has 0 atom stereocenters. The molecule has 2 rings (SSSR count). The predicted octanol–water partition coefficient (Wildman–Crippen LogP) is 3.14. The summed E-state index contributed by atoms with van der Waals surface area (Å²) >= 11 is 12.1. The van der Waals surface area contributed by atoms with E-state index >= 15 is 0 Å². The van der Waals surface area contributed by atoms with Gasteiger partial charge >= 0.3 is 0 Å². The topological polar surface area (TPSA) is 39.7 Å². The van der Waals surface area contributed by atoms with Crippen LogP contribution in [0.4, 0.5) is 0 Å². The van der Waals surface area contributed by atoms with Gasteiger partial charge in [0.15, 0.2) is 5.96 Å². The Morgan fingerprint density at radius 2 is 2.00 bits per heavy atom. The van der Waals surface area contributed by atoms with Gasteiger partial charge in [-0.3, -0.25) is 4.99 Å². The van der Waals surface area contributed by atoms with Crippen LogP contribution in [0.25, 0.3) is 0 Å². The second-order valence-electron chi connectivity index (χ2n) is 5.49. The van der Waals surface area contributed by atoms with Crippen LogP contribution in [0.5, 0.6) is 0 Å². The summed E-state index contributed by atoms with van der Waals surface area (Å²) < 4.78 is 0. The predicted molar refractivity (Wildman–Crippen MR) is 95.0 cm³/mol. The summed E-state index contributed by atoms with van der Waals surface area (Å²) in [6.45, 7) is 5.21. The van der Waals surface area contributed by atoms with Crippen LogP contribution in [0.3, 0.4) is 0 Å². The molecule has 0 unspecified atom stereocenters. The maximum atomic E-state index is 6.17. The van der Waals surface area contributed by atoms with Crippen molar-refractivity contribution in [2.75, 3.05) is 33.2 Å². The average molecular weight is 343 g/mol. The summed E-state index contributed by atoms with van der Waals surface area (Å²) in [6, 6.07) is 5.53. The Morgan fingerprint density at radius 3 is 2.68 bits per heavy atom. The molecule has 0 radical (unpaired) electrons. The minimum absolute atomic E-state index is 0.627. The molecule has 1 fully saturated rings. The van der Waals surface area contributed by atoms with E-state index in [1.807, 2.05) is 12.1 Å². The highest BCUT2D eigenvalue weighted by molar-refractivity contribution is 6.35. The Morgan fingerprint density at radius 1 is 1.23 bits per heavy atom. The lowest BCUT2D eigenvalue weighted by atomic mass is 10.2. The van der Waals surface area contributed by atoms with Gasteiger partial charge in [0.2, 0.25) is 0 Å². The summed E-state index contributed by atoms with van der Waals surface area (Å²) in [5.41, 5.74) is 1.01. The van der Waals surface area contributed by atoms with Gasteiger partial charge in [-0.1, -0.05) is 29.3 Å². The van der Waals surface area contributed by atoms with Crippen molar-refractivity contribution in [3.8, 4) is 0 Å². The Balaban J connectivity index is 1.68. The van der Waals surface area contributed by atoms with Crippen LogP contribution >= 0.6 is 23.2 Å². The van der Waals surface area contributed by atoms with E-state index in [-0.39, 0.29) is 0 Å². The fraction of sp³-hybridized carbons (Fsp3) is 0.562. The monoisotopic (exact) mass is 342 g/mol. The maximum absolute atomic E-state index is 6.17. The van der Waals surface area contributed by atoms with Crippen LogP contribution in [-0.4, -0.2) is 44.1 Å². The van der Waals surface area contributed by atoms with E-state index < -0.39 is 0 Å². The standard InChI is InChI=1S/C16H24Cl2N4/c1-19-16(20-7-4-10-22-8-2-3-9-22)21-12-13-5-6-14(17)11-15(13)18/h5-6,11H,2-4,7-10,12H2,1H3,(H2,19,20,21). The molecule has 1 aromatic rings. The Bertz CT molecular complexity index is 499. The van der Waals surface area contributed by atoms with Crippen molar-refractivity contribution in [1.29, 1.82) is 0 Å². The van der Waals surface area contributed by atoms with Crippen molar-refractivity contribution >= 4 is 29.2 Å². The van der Waals surface area contributed by atoms with Gasteiger partial charge in [0.1, 0.15) is 0 Å². The minimum atomic E-state index is 0.627. The molecule has 1 aromatic carbocycles. The van der Waals surface area contributed by atoms with Gasteiger partial charge in [-0.15, -0.1) is 0 Å². The number of hydrogen-bond donors (Lipinski definition) is 2. The number of rotatable bonds is 6. The molecule has 122 valence electrons. The maximum Gasteiger partial charge on any atom is 0.191 e. The smallest absolute Gasteiger partial charge is 0.191 e. The van der Waals surface area contributed by atoms with Gasteiger partial charge in [-0.2, -0.15) is 0 Å². The van der Waals surface area contributed by atoms with Crippen LogP contribution in [0.2, 0.25) is 10.0 Å². The van der Waals surface area contributed by atoms with E-state index in [1.54, 1.807) is 13.1 Å². The number of halogens is 2. The summed E-state index contributed by atoms with van der Waals surface area (Å²) in [6.07, 6.45) is 3.82. The minimum Gasteiger partial charge on any atom is -0.356 e. The first kappa shape index (κ1) is 17.4. The van der Waals surface area contributed by atoms with E-state index in [9.17, 15) is 0 Å². The van der Waals surface area contributed by atoms with Gasteiger partial charge in [0, 0.05) is 30.2 Å². The average Bonchev–Trinajstić information content (AvgIpc) is 3.01. The molecule has 0 aromatic heterocycles. The van der Waals surface area contributed by atoms with Gasteiger partial charge in [0.05, 0.1) is 0 Å². The van der Waals surface area contributed by atoms with Crippen LogP contribution in [0, 0.1) is 0 Å². The molecular weight excluding hydrogens is 319 g/mol. The molecule has 1 heterocycles. The van der Waals surface area contributed by atoms with Crippen molar-refractivity contribution in [3.05, 3.63) is 33.8 Å². The van der Waals surface area contributed by atoms with Crippen molar-refractivity contribution < 1.29 is 0 Å². The van der Waals surface area contributed by atoms with Crippen LogP contribution in [-0.2, 0) is 6.54 Å². The lowest BCUT2D eigenvalue weighted by Crippen LogP contribution is -2.38. The normalized spacial score (nSPS) is 16.0. The number of guanidine groups is 1. The Kier molecular flexibility index (Phi) is 7.30. The fourth-order valence-corrected chi connectivity index (χ4v) is 3.06. The quantitative estimate of drug-likeness (QED) is 0.474. The number of hydrogen-bond acceptors (Lipinski definition) is 2.